The monoisotopic (exact) mass is 459 g/mol. The minimum atomic E-state index is -1.23. The summed E-state index contributed by atoms with van der Waals surface area (Å²) in [5, 5.41) is 21.0. The average molecular weight is 459 g/mol. The van der Waals surface area contributed by atoms with E-state index in [1.54, 1.807) is 17.0 Å². The molecule has 2 fully saturated rings. The Balaban J connectivity index is 1.67. The van der Waals surface area contributed by atoms with Gasteiger partial charge in [-0.1, -0.05) is 72.8 Å². The van der Waals surface area contributed by atoms with Crippen molar-refractivity contribution in [3.05, 3.63) is 112 Å². The van der Waals surface area contributed by atoms with E-state index in [1.165, 1.54) is 17.0 Å². The van der Waals surface area contributed by atoms with Crippen LogP contribution < -0.4 is 0 Å². The molecular formula is C25H21N3O6. The van der Waals surface area contributed by atoms with E-state index in [2.05, 4.69) is 0 Å². The van der Waals surface area contributed by atoms with Crippen molar-refractivity contribution >= 4 is 17.9 Å². The minimum absolute atomic E-state index is 0.0262. The predicted molar refractivity (Wildman–Crippen MR) is 121 cm³/mol. The van der Waals surface area contributed by atoms with Crippen molar-refractivity contribution < 1.29 is 24.4 Å². The van der Waals surface area contributed by atoms with Gasteiger partial charge in [0.05, 0.1) is 11.0 Å². The topological polar surface area (TPSA) is 113 Å². The normalized spacial score (nSPS) is 21.0. The van der Waals surface area contributed by atoms with Crippen LogP contribution in [-0.2, 0) is 10.3 Å². The Hall–Kier alpha value is -4.40. The highest BCUT2D eigenvalue weighted by Crippen LogP contribution is 2.49. The van der Waals surface area contributed by atoms with Crippen LogP contribution in [0.5, 0.6) is 0 Å². The van der Waals surface area contributed by atoms with E-state index in [9.17, 15) is 24.8 Å². The molecule has 0 radical (unpaired) electrons. The number of hydrogen-bond donors (Lipinski definition) is 1. The summed E-state index contributed by atoms with van der Waals surface area (Å²) in [6.07, 6.45) is -1.67. The molecule has 2 saturated heterocycles. The van der Waals surface area contributed by atoms with Crippen LogP contribution >= 0.6 is 0 Å². The molecule has 0 bridgehead atoms. The van der Waals surface area contributed by atoms with Crippen LogP contribution in [0.4, 0.5) is 15.3 Å². The number of carbonyl (C=O) groups excluding carboxylic acids is 1. The second-order valence-corrected chi connectivity index (χ2v) is 8.31. The van der Waals surface area contributed by atoms with Gasteiger partial charge in [-0.25, -0.2) is 9.59 Å². The van der Waals surface area contributed by atoms with E-state index < -0.39 is 34.8 Å². The third-order valence-corrected chi connectivity index (χ3v) is 6.55. The van der Waals surface area contributed by atoms with Crippen molar-refractivity contribution in [2.45, 2.75) is 17.7 Å². The summed E-state index contributed by atoms with van der Waals surface area (Å²) in [5.74, 6) is 0. The zero-order valence-corrected chi connectivity index (χ0v) is 18.0. The Kier molecular flexibility index (Phi) is 5.16. The van der Waals surface area contributed by atoms with Gasteiger partial charge in [0.2, 0.25) is 0 Å². The first-order chi connectivity index (χ1) is 16.4. The summed E-state index contributed by atoms with van der Waals surface area (Å²) in [5.41, 5.74) is 0.745. The lowest BCUT2D eigenvalue weighted by Gasteiger charge is -2.45. The van der Waals surface area contributed by atoms with Crippen molar-refractivity contribution in [3.63, 3.8) is 0 Å². The fourth-order valence-corrected chi connectivity index (χ4v) is 5.00. The number of piperazine rings is 1. The SMILES string of the molecule is O=C(O)N1CC(c2ccc([N+](=O)[O-])cc2)N2C(=O)OC(c3ccccc3)(c3ccccc3)C2C1. The maximum Gasteiger partial charge on any atom is 0.412 e. The number of nitro benzene ring substituents is 1. The molecule has 2 unspecified atom stereocenters. The van der Waals surface area contributed by atoms with Crippen LogP contribution in [0.2, 0.25) is 0 Å². The van der Waals surface area contributed by atoms with Gasteiger partial charge in [-0.2, -0.15) is 0 Å². The maximum atomic E-state index is 13.4. The molecule has 1 N–H and O–H groups in total. The largest absolute Gasteiger partial charge is 0.465 e. The minimum Gasteiger partial charge on any atom is -0.465 e. The van der Waals surface area contributed by atoms with Crippen LogP contribution in [0.15, 0.2) is 84.9 Å². The molecule has 0 aliphatic carbocycles. The number of ether oxygens (including phenoxy) is 1. The summed E-state index contributed by atoms with van der Waals surface area (Å²) in [6.45, 7) is 0.0761. The number of nitrogens with zero attached hydrogens (tertiary/aromatic N) is 3. The Labute approximate surface area is 194 Å². The van der Waals surface area contributed by atoms with E-state index in [0.717, 1.165) is 11.1 Å². The van der Waals surface area contributed by atoms with Crippen LogP contribution in [0.3, 0.4) is 0 Å². The molecule has 34 heavy (non-hydrogen) atoms. The quantitative estimate of drug-likeness (QED) is 0.457. The molecule has 3 aromatic rings. The van der Waals surface area contributed by atoms with Crippen molar-refractivity contribution in [1.82, 2.24) is 9.80 Å². The van der Waals surface area contributed by atoms with Crippen LogP contribution in [0.25, 0.3) is 0 Å². The van der Waals surface area contributed by atoms with Gasteiger partial charge in [0.25, 0.3) is 5.69 Å². The average Bonchev–Trinajstić information content (AvgIpc) is 3.18. The number of cyclic esters (lactones) is 1. The lowest BCUT2D eigenvalue weighted by molar-refractivity contribution is -0.384. The number of nitro groups is 1. The molecule has 0 aromatic heterocycles. The smallest absolute Gasteiger partial charge is 0.412 e. The Bertz CT molecular complexity index is 1190. The number of benzene rings is 3. The molecule has 3 aromatic carbocycles. The third kappa shape index (κ3) is 3.33. The van der Waals surface area contributed by atoms with E-state index in [1.807, 2.05) is 60.7 Å². The molecule has 9 heteroatoms. The first-order valence-corrected chi connectivity index (χ1v) is 10.8. The van der Waals surface area contributed by atoms with Crippen LogP contribution in [-0.4, -0.2) is 51.1 Å². The maximum absolute atomic E-state index is 13.4. The molecular weight excluding hydrogens is 438 g/mol. The van der Waals surface area contributed by atoms with E-state index >= 15 is 0 Å². The van der Waals surface area contributed by atoms with E-state index in [4.69, 9.17) is 4.74 Å². The zero-order chi connectivity index (χ0) is 23.9. The van der Waals surface area contributed by atoms with Gasteiger partial charge in [0, 0.05) is 36.3 Å². The first kappa shape index (κ1) is 21.4. The van der Waals surface area contributed by atoms with Crippen molar-refractivity contribution in [2.75, 3.05) is 13.1 Å². The molecule has 9 nitrogen and oxygen atoms in total. The van der Waals surface area contributed by atoms with Crippen LogP contribution in [0.1, 0.15) is 22.7 Å². The number of carbonyl (C=O) groups is 2. The molecule has 2 heterocycles. The fraction of sp³-hybridized carbons (Fsp3) is 0.200. The zero-order valence-electron chi connectivity index (χ0n) is 18.0. The molecule has 2 aliphatic rings. The first-order valence-electron chi connectivity index (χ1n) is 10.8. The summed E-state index contributed by atoms with van der Waals surface area (Å²) >= 11 is 0. The molecule has 172 valence electrons. The molecule has 2 aliphatic heterocycles. The lowest BCUT2D eigenvalue weighted by Crippen LogP contribution is -2.59. The lowest BCUT2D eigenvalue weighted by atomic mass is 9.78. The second kappa shape index (κ2) is 8.18. The number of rotatable bonds is 4. The molecule has 2 amide bonds. The number of amides is 2. The summed E-state index contributed by atoms with van der Waals surface area (Å²) in [7, 11) is 0. The van der Waals surface area contributed by atoms with Gasteiger partial charge in [-0.15, -0.1) is 0 Å². The number of carboxylic acid groups (broad SMARTS) is 1. The van der Waals surface area contributed by atoms with Gasteiger partial charge in [-0.3, -0.25) is 15.0 Å². The van der Waals surface area contributed by atoms with Crippen molar-refractivity contribution in [3.8, 4) is 0 Å². The van der Waals surface area contributed by atoms with Gasteiger partial charge >= 0.3 is 12.2 Å². The third-order valence-electron chi connectivity index (χ3n) is 6.55. The van der Waals surface area contributed by atoms with E-state index in [-0.39, 0.29) is 18.8 Å². The highest BCUT2D eigenvalue weighted by atomic mass is 16.6. The summed E-state index contributed by atoms with van der Waals surface area (Å²) in [4.78, 5) is 39.0. The van der Waals surface area contributed by atoms with Crippen molar-refractivity contribution in [2.24, 2.45) is 0 Å². The molecule has 5 rings (SSSR count). The van der Waals surface area contributed by atoms with Gasteiger partial charge in [0.15, 0.2) is 5.60 Å². The van der Waals surface area contributed by atoms with Gasteiger partial charge in [-0.05, 0) is 5.56 Å². The van der Waals surface area contributed by atoms with E-state index in [0.29, 0.717) is 5.56 Å². The summed E-state index contributed by atoms with van der Waals surface area (Å²) < 4.78 is 6.17. The summed E-state index contributed by atoms with van der Waals surface area (Å²) in [6, 6.07) is 23.1. The Morgan fingerprint density at radius 3 is 2.00 bits per heavy atom. The number of hydrogen-bond acceptors (Lipinski definition) is 5. The fourth-order valence-electron chi connectivity index (χ4n) is 5.00. The van der Waals surface area contributed by atoms with Crippen molar-refractivity contribution in [1.29, 1.82) is 0 Å². The highest BCUT2D eigenvalue weighted by Gasteiger charge is 2.60. The highest BCUT2D eigenvalue weighted by molar-refractivity contribution is 5.76. The Morgan fingerprint density at radius 1 is 0.941 bits per heavy atom. The van der Waals surface area contributed by atoms with Gasteiger partial charge in [0.1, 0.15) is 6.04 Å². The second-order valence-electron chi connectivity index (χ2n) is 8.31. The van der Waals surface area contributed by atoms with Gasteiger partial charge < -0.3 is 14.7 Å². The predicted octanol–water partition coefficient (Wildman–Crippen LogP) is 4.39. The molecule has 0 spiro atoms. The number of non-ortho nitro benzene ring substituents is 1. The van der Waals surface area contributed by atoms with Crippen LogP contribution in [0, 0.1) is 10.1 Å². The number of fused-ring (bicyclic) bond motifs is 1. The molecule has 0 saturated carbocycles. The standard InChI is InChI=1S/C25H21N3O6/c29-23(30)26-15-21(17-11-13-20(14-12-17)28(32)33)27-22(16-26)25(34-24(27)31,18-7-3-1-4-8-18)19-9-5-2-6-10-19/h1-14,21-22H,15-16H2,(H,29,30). The Morgan fingerprint density at radius 2 is 1.50 bits per heavy atom. The molecule has 2 atom stereocenters.